The topological polar surface area (TPSA) is 49.3 Å². The molecule has 26 heavy (non-hydrogen) atoms. The van der Waals surface area contributed by atoms with Crippen LogP contribution in [0.2, 0.25) is 5.02 Å². The molecule has 0 aromatic heterocycles. The van der Waals surface area contributed by atoms with E-state index in [1.165, 1.54) is 18.2 Å². The molecule has 7 heteroatoms. The zero-order valence-corrected chi connectivity index (χ0v) is 17.6. The average Bonchev–Trinajstić information content (AvgIpc) is 2.62. The highest BCUT2D eigenvalue weighted by atomic mass is 127. The third kappa shape index (κ3) is 5.12. The van der Waals surface area contributed by atoms with Gasteiger partial charge in [0.1, 0.15) is 5.82 Å². The molecule has 138 valence electrons. The lowest BCUT2D eigenvalue weighted by Crippen LogP contribution is -2.19. The van der Waals surface area contributed by atoms with Gasteiger partial charge < -0.3 is 10.4 Å². The summed E-state index contributed by atoms with van der Waals surface area (Å²) in [5, 5.41) is 12.8. The number of anilines is 1. The third-order valence-corrected chi connectivity index (χ3v) is 7.30. The van der Waals surface area contributed by atoms with Crippen LogP contribution in [0.3, 0.4) is 0 Å². The standard InChI is InChI=1S/C19H18ClFINO2S/c20-15-10-12(2-7-16(15)21)23-19(25)11-1-8-17(22)18(9-11)26-14-5-3-13(24)4-6-14/h1-2,7-10,13-14,24H,3-6H2,(H,23,25). The van der Waals surface area contributed by atoms with Gasteiger partial charge in [0.15, 0.2) is 0 Å². The summed E-state index contributed by atoms with van der Waals surface area (Å²) in [7, 11) is 0. The molecule has 1 amide bonds. The number of carbonyl (C=O) groups excluding carboxylic acids is 1. The first-order chi connectivity index (χ1) is 12.4. The van der Waals surface area contributed by atoms with E-state index >= 15 is 0 Å². The van der Waals surface area contributed by atoms with Crippen molar-refractivity contribution < 1.29 is 14.3 Å². The molecule has 0 heterocycles. The fourth-order valence-electron chi connectivity index (χ4n) is 2.85. The van der Waals surface area contributed by atoms with Crippen LogP contribution in [0.1, 0.15) is 36.0 Å². The van der Waals surface area contributed by atoms with E-state index in [2.05, 4.69) is 27.9 Å². The molecule has 1 saturated carbocycles. The number of hydrogen-bond donors (Lipinski definition) is 2. The van der Waals surface area contributed by atoms with Crippen LogP contribution in [0, 0.1) is 9.39 Å². The summed E-state index contributed by atoms with van der Waals surface area (Å²) in [5.74, 6) is -0.778. The normalized spacial score (nSPS) is 20.0. The Hall–Kier alpha value is -0.830. The van der Waals surface area contributed by atoms with Crippen LogP contribution in [0.4, 0.5) is 10.1 Å². The molecule has 3 rings (SSSR count). The summed E-state index contributed by atoms with van der Waals surface area (Å²) in [5.41, 5.74) is 1.000. The SMILES string of the molecule is O=C(Nc1ccc(F)c(Cl)c1)c1ccc(I)c(SC2CCC(O)CC2)c1. The summed E-state index contributed by atoms with van der Waals surface area (Å²) in [4.78, 5) is 13.6. The predicted molar refractivity (Wildman–Crippen MR) is 113 cm³/mol. The van der Waals surface area contributed by atoms with E-state index in [9.17, 15) is 14.3 Å². The van der Waals surface area contributed by atoms with Crippen molar-refractivity contribution in [2.75, 3.05) is 5.32 Å². The van der Waals surface area contributed by atoms with E-state index in [0.29, 0.717) is 16.5 Å². The van der Waals surface area contributed by atoms with E-state index < -0.39 is 5.82 Å². The highest BCUT2D eigenvalue weighted by molar-refractivity contribution is 14.1. The zero-order chi connectivity index (χ0) is 18.7. The van der Waals surface area contributed by atoms with Crippen molar-refractivity contribution >= 4 is 57.5 Å². The molecule has 2 aromatic carbocycles. The van der Waals surface area contributed by atoms with Crippen LogP contribution in [0.5, 0.6) is 0 Å². The van der Waals surface area contributed by atoms with Crippen LogP contribution in [0.15, 0.2) is 41.3 Å². The van der Waals surface area contributed by atoms with Crippen LogP contribution >= 0.6 is 46.0 Å². The number of rotatable bonds is 4. The van der Waals surface area contributed by atoms with E-state index in [1.807, 2.05) is 12.1 Å². The second-order valence-electron chi connectivity index (χ2n) is 6.28. The van der Waals surface area contributed by atoms with Gasteiger partial charge in [0.05, 0.1) is 11.1 Å². The number of aliphatic hydroxyl groups excluding tert-OH is 1. The largest absolute Gasteiger partial charge is 0.393 e. The molecule has 0 saturated heterocycles. The fourth-order valence-corrected chi connectivity index (χ4v) is 4.99. The summed E-state index contributed by atoms with van der Waals surface area (Å²) in [6.07, 6.45) is 3.45. The number of thioether (sulfide) groups is 1. The smallest absolute Gasteiger partial charge is 0.255 e. The minimum absolute atomic E-state index is 0.0267. The molecular formula is C19H18ClFINO2S. The van der Waals surface area contributed by atoms with Crippen molar-refractivity contribution in [2.24, 2.45) is 0 Å². The molecule has 1 aliphatic carbocycles. The number of amides is 1. The summed E-state index contributed by atoms with van der Waals surface area (Å²) in [6, 6.07) is 9.69. The van der Waals surface area contributed by atoms with Crippen molar-refractivity contribution in [1.29, 1.82) is 0 Å². The number of hydrogen-bond acceptors (Lipinski definition) is 3. The highest BCUT2D eigenvalue weighted by Gasteiger charge is 2.21. The monoisotopic (exact) mass is 505 g/mol. The second kappa shape index (κ2) is 8.91. The highest BCUT2D eigenvalue weighted by Crippen LogP contribution is 2.36. The number of carbonyl (C=O) groups is 1. The number of benzene rings is 2. The summed E-state index contributed by atoms with van der Waals surface area (Å²) >= 11 is 9.80. The van der Waals surface area contributed by atoms with Gasteiger partial charge in [-0.3, -0.25) is 4.79 Å². The lowest BCUT2D eigenvalue weighted by atomic mass is 9.97. The first-order valence-corrected chi connectivity index (χ1v) is 10.7. The van der Waals surface area contributed by atoms with Crippen molar-refractivity contribution in [1.82, 2.24) is 0 Å². The van der Waals surface area contributed by atoms with Gasteiger partial charge in [0, 0.05) is 25.0 Å². The first kappa shape index (κ1) is 19.9. The molecular weight excluding hydrogens is 488 g/mol. The lowest BCUT2D eigenvalue weighted by Gasteiger charge is -2.25. The Balaban J connectivity index is 1.71. The Labute approximate surface area is 174 Å². The van der Waals surface area contributed by atoms with E-state index in [4.69, 9.17) is 11.6 Å². The number of aliphatic hydroxyl groups is 1. The summed E-state index contributed by atoms with van der Waals surface area (Å²) in [6.45, 7) is 0. The zero-order valence-electron chi connectivity index (χ0n) is 13.8. The van der Waals surface area contributed by atoms with E-state index in [-0.39, 0.29) is 17.0 Å². The van der Waals surface area contributed by atoms with E-state index in [0.717, 1.165) is 34.1 Å². The number of halogens is 3. The maximum atomic E-state index is 13.2. The van der Waals surface area contributed by atoms with Crippen molar-refractivity contribution in [3.8, 4) is 0 Å². The first-order valence-electron chi connectivity index (χ1n) is 8.33. The van der Waals surface area contributed by atoms with Gasteiger partial charge in [0.2, 0.25) is 0 Å². The van der Waals surface area contributed by atoms with Crippen molar-refractivity contribution in [2.45, 2.75) is 41.9 Å². The minimum atomic E-state index is -0.518. The maximum absolute atomic E-state index is 13.2. The second-order valence-corrected chi connectivity index (χ2v) is 9.19. The van der Waals surface area contributed by atoms with Crippen LogP contribution in [0.25, 0.3) is 0 Å². The van der Waals surface area contributed by atoms with Crippen molar-refractivity contribution in [3.05, 3.63) is 56.4 Å². The predicted octanol–water partition coefficient (Wildman–Crippen LogP) is 5.73. The van der Waals surface area contributed by atoms with Crippen LogP contribution < -0.4 is 5.32 Å². The van der Waals surface area contributed by atoms with Gasteiger partial charge >= 0.3 is 0 Å². The molecule has 2 N–H and O–H groups in total. The molecule has 0 radical (unpaired) electrons. The van der Waals surface area contributed by atoms with Crippen molar-refractivity contribution in [3.63, 3.8) is 0 Å². The van der Waals surface area contributed by atoms with Gasteiger partial charge in [-0.2, -0.15) is 0 Å². The Bertz CT molecular complexity index is 812. The quantitative estimate of drug-likeness (QED) is 0.522. The number of nitrogens with one attached hydrogen (secondary N) is 1. The average molecular weight is 506 g/mol. The summed E-state index contributed by atoms with van der Waals surface area (Å²) < 4.78 is 14.3. The Kier molecular flexibility index (Phi) is 6.82. The molecule has 1 aliphatic rings. The molecule has 0 aliphatic heterocycles. The lowest BCUT2D eigenvalue weighted by molar-refractivity contribution is 0.102. The molecule has 2 aromatic rings. The van der Waals surface area contributed by atoms with Gasteiger partial charge in [-0.1, -0.05) is 11.6 Å². The molecule has 3 nitrogen and oxygen atoms in total. The van der Waals surface area contributed by atoms with Gasteiger partial charge in [0.25, 0.3) is 5.91 Å². The van der Waals surface area contributed by atoms with Gasteiger partial charge in [-0.25, -0.2) is 4.39 Å². The maximum Gasteiger partial charge on any atom is 0.255 e. The van der Waals surface area contributed by atoms with E-state index in [1.54, 1.807) is 17.8 Å². The minimum Gasteiger partial charge on any atom is -0.393 e. The molecule has 0 spiro atoms. The third-order valence-electron chi connectivity index (χ3n) is 4.31. The fraction of sp³-hybridized carbons (Fsp3) is 0.316. The molecule has 0 atom stereocenters. The molecule has 0 bridgehead atoms. The molecule has 0 unspecified atom stereocenters. The van der Waals surface area contributed by atoms with Crippen LogP contribution in [-0.2, 0) is 0 Å². The van der Waals surface area contributed by atoms with Gasteiger partial charge in [-0.15, -0.1) is 11.8 Å². The Morgan fingerprint density at radius 3 is 2.62 bits per heavy atom. The Morgan fingerprint density at radius 2 is 1.92 bits per heavy atom. The molecule has 1 fully saturated rings. The van der Waals surface area contributed by atoms with Gasteiger partial charge in [-0.05, 0) is 84.7 Å². The van der Waals surface area contributed by atoms with Crippen LogP contribution in [-0.4, -0.2) is 22.4 Å². The Morgan fingerprint density at radius 1 is 1.19 bits per heavy atom.